The number of aromatic nitrogens is 2. The molecule has 33 heavy (non-hydrogen) atoms. The van der Waals surface area contributed by atoms with Gasteiger partial charge in [0.05, 0.1) is 17.4 Å². The third kappa shape index (κ3) is 4.75. The van der Waals surface area contributed by atoms with Gasteiger partial charge in [0, 0.05) is 25.7 Å². The van der Waals surface area contributed by atoms with Crippen LogP contribution in [0.5, 0.6) is 0 Å². The molecule has 3 amide bonds. The van der Waals surface area contributed by atoms with E-state index in [4.69, 9.17) is 0 Å². The molecule has 0 bridgehead atoms. The lowest BCUT2D eigenvalue weighted by molar-refractivity contribution is -0.120. The molecule has 2 saturated heterocycles. The summed E-state index contributed by atoms with van der Waals surface area (Å²) in [5, 5.41) is 6.75. The number of likely N-dealkylation sites (tertiary alicyclic amines) is 1. The number of hydrogen-bond acceptors (Lipinski definition) is 4. The summed E-state index contributed by atoms with van der Waals surface area (Å²) in [6, 6.07) is 9.06. The van der Waals surface area contributed by atoms with Crippen molar-refractivity contribution in [1.29, 1.82) is 0 Å². The average molecular weight is 450 g/mol. The van der Waals surface area contributed by atoms with Crippen molar-refractivity contribution >= 4 is 23.1 Å². The van der Waals surface area contributed by atoms with Gasteiger partial charge in [-0.25, -0.2) is 13.7 Å². The summed E-state index contributed by atoms with van der Waals surface area (Å²) in [7, 11) is 0. The Morgan fingerprint density at radius 1 is 1.09 bits per heavy atom. The maximum Gasteiger partial charge on any atom is 0.328 e. The molecule has 0 atom stereocenters. The van der Waals surface area contributed by atoms with E-state index in [1.807, 2.05) is 13.1 Å². The van der Waals surface area contributed by atoms with E-state index < -0.39 is 6.03 Å². The zero-order valence-electron chi connectivity index (χ0n) is 18.8. The summed E-state index contributed by atoms with van der Waals surface area (Å²) in [5.41, 5.74) is 4.81. The molecule has 0 radical (unpaired) electrons. The van der Waals surface area contributed by atoms with Crippen molar-refractivity contribution in [2.24, 2.45) is 5.92 Å². The summed E-state index contributed by atoms with van der Waals surface area (Å²) in [5.74, 6) is 0.177. The largest absolute Gasteiger partial charge is 0.328 e. The fourth-order valence-electron chi connectivity index (χ4n) is 4.98. The Bertz CT molecular complexity index is 1180. The summed E-state index contributed by atoms with van der Waals surface area (Å²) in [4.78, 5) is 27.7. The van der Waals surface area contributed by atoms with Crippen LogP contribution in [0.15, 0.2) is 42.7 Å². The Hall–Kier alpha value is -3.26. The van der Waals surface area contributed by atoms with E-state index in [2.05, 4.69) is 33.5 Å². The van der Waals surface area contributed by atoms with Crippen molar-refractivity contribution in [2.45, 2.75) is 39.2 Å². The molecular weight excluding hydrogens is 421 g/mol. The second-order valence-electron chi connectivity index (χ2n) is 9.21. The number of carbonyl (C=O) groups is 2. The Morgan fingerprint density at radius 2 is 1.91 bits per heavy atom. The molecule has 3 aromatic rings. The summed E-state index contributed by atoms with van der Waals surface area (Å²) in [6.07, 6.45) is 7.07. The fraction of sp³-hybridized carbons (Fsp3) is 0.400. The minimum absolute atomic E-state index is 0.164. The molecule has 2 aliphatic rings. The number of amides is 3. The number of nitrogens with one attached hydrogen (secondary N) is 1. The normalized spacial score (nSPS) is 18.2. The number of imide groups is 1. The first-order chi connectivity index (χ1) is 15.9. The molecule has 5 rings (SSSR count). The lowest BCUT2D eigenvalue weighted by Crippen LogP contribution is -2.49. The summed E-state index contributed by atoms with van der Waals surface area (Å²) >= 11 is 0. The molecule has 0 unspecified atom stereocenters. The number of nitrogens with zero attached hydrogens (tertiary/aromatic N) is 4. The monoisotopic (exact) mass is 449 g/mol. The highest BCUT2D eigenvalue weighted by Gasteiger charge is 2.27. The molecule has 1 aromatic carbocycles. The second-order valence-corrected chi connectivity index (χ2v) is 9.21. The molecule has 0 spiro atoms. The third-order valence-corrected chi connectivity index (χ3v) is 6.65. The number of carbonyl (C=O) groups excluding carboxylic acids is 2. The van der Waals surface area contributed by atoms with Crippen molar-refractivity contribution < 1.29 is 14.0 Å². The van der Waals surface area contributed by atoms with Crippen molar-refractivity contribution in [2.75, 3.05) is 24.5 Å². The van der Waals surface area contributed by atoms with Crippen LogP contribution in [0.3, 0.4) is 0 Å². The maximum absolute atomic E-state index is 13.7. The first kappa shape index (κ1) is 21.6. The Morgan fingerprint density at radius 3 is 2.67 bits per heavy atom. The second kappa shape index (κ2) is 8.94. The molecule has 1 N–H and O–H groups in total. The summed E-state index contributed by atoms with van der Waals surface area (Å²) < 4.78 is 15.5. The highest BCUT2D eigenvalue weighted by Crippen LogP contribution is 2.27. The van der Waals surface area contributed by atoms with E-state index in [0.29, 0.717) is 12.5 Å². The first-order valence-electron chi connectivity index (χ1n) is 11.5. The molecule has 8 heteroatoms. The van der Waals surface area contributed by atoms with Crippen LogP contribution < -0.4 is 10.2 Å². The number of fused-ring (bicyclic) bond motifs is 1. The Kier molecular flexibility index (Phi) is 5.85. The zero-order valence-corrected chi connectivity index (χ0v) is 18.8. The number of anilines is 1. The first-order valence-corrected chi connectivity index (χ1v) is 11.5. The van der Waals surface area contributed by atoms with Gasteiger partial charge in [0.2, 0.25) is 5.91 Å². The zero-order chi connectivity index (χ0) is 22.9. The minimum atomic E-state index is -0.396. The van der Waals surface area contributed by atoms with Gasteiger partial charge < -0.3 is 0 Å². The number of urea groups is 1. The summed E-state index contributed by atoms with van der Waals surface area (Å²) in [6.45, 7) is 5.08. The molecule has 7 nitrogen and oxygen atoms in total. The van der Waals surface area contributed by atoms with Crippen LogP contribution in [-0.2, 0) is 17.8 Å². The lowest BCUT2D eigenvalue weighted by Gasteiger charge is -2.32. The predicted molar refractivity (Wildman–Crippen MR) is 124 cm³/mol. The van der Waals surface area contributed by atoms with E-state index in [1.54, 1.807) is 27.7 Å². The van der Waals surface area contributed by atoms with Gasteiger partial charge in [0.15, 0.2) is 0 Å². The number of halogens is 1. The number of rotatable bonds is 5. The van der Waals surface area contributed by atoms with Crippen molar-refractivity contribution in [1.82, 2.24) is 19.8 Å². The number of piperidine rings is 1. The smallest absolute Gasteiger partial charge is 0.299 e. The van der Waals surface area contributed by atoms with Gasteiger partial charge in [0.1, 0.15) is 5.82 Å². The van der Waals surface area contributed by atoms with Crippen LogP contribution >= 0.6 is 0 Å². The lowest BCUT2D eigenvalue weighted by atomic mass is 9.90. The minimum Gasteiger partial charge on any atom is -0.299 e. The van der Waals surface area contributed by atoms with Gasteiger partial charge in [-0.2, -0.15) is 5.10 Å². The van der Waals surface area contributed by atoms with Crippen LogP contribution in [0.4, 0.5) is 14.9 Å². The van der Waals surface area contributed by atoms with Crippen molar-refractivity contribution in [3.8, 4) is 0 Å². The van der Waals surface area contributed by atoms with Gasteiger partial charge in [-0.1, -0.05) is 6.07 Å². The highest BCUT2D eigenvalue weighted by molar-refractivity contribution is 6.07. The van der Waals surface area contributed by atoms with Gasteiger partial charge in [0.25, 0.3) is 0 Å². The molecule has 4 heterocycles. The molecule has 172 valence electrons. The molecule has 2 fully saturated rings. The quantitative estimate of drug-likeness (QED) is 0.645. The van der Waals surface area contributed by atoms with Gasteiger partial charge in [-0.3, -0.25) is 19.9 Å². The Labute approximate surface area is 192 Å². The number of aryl methyl sites for hydroxylation is 1. The van der Waals surface area contributed by atoms with Crippen molar-refractivity contribution in [3.05, 3.63) is 65.2 Å². The van der Waals surface area contributed by atoms with Crippen LogP contribution in [0.2, 0.25) is 0 Å². The van der Waals surface area contributed by atoms with E-state index in [9.17, 15) is 14.0 Å². The molecule has 2 aromatic heterocycles. The van der Waals surface area contributed by atoms with Crippen LogP contribution in [-0.4, -0.2) is 46.1 Å². The number of pyridine rings is 1. The topological polar surface area (TPSA) is 70.0 Å². The number of hydrogen-bond donors (Lipinski definition) is 1. The average Bonchev–Trinajstić information content (AvgIpc) is 3.17. The SMILES string of the molecule is Cc1cc(F)cc(CN2CCC(Cc3ccn4ncc(N5CCC(=O)NC5=O)c4c3)CC2)c1. The van der Waals surface area contributed by atoms with Crippen LogP contribution in [0.25, 0.3) is 5.52 Å². The van der Waals surface area contributed by atoms with E-state index >= 15 is 0 Å². The van der Waals surface area contributed by atoms with Gasteiger partial charge in [-0.15, -0.1) is 0 Å². The molecule has 2 aliphatic heterocycles. The van der Waals surface area contributed by atoms with E-state index in [-0.39, 0.29) is 18.1 Å². The molecule has 0 saturated carbocycles. The predicted octanol–water partition coefficient (Wildman–Crippen LogP) is 3.68. The maximum atomic E-state index is 13.7. The van der Waals surface area contributed by atoms with Gasteiger partial charge in [-0.05, 0) is 86.1 Å². The van der Waals surface area contributed by atoms with E-state index in [0.717, 1.165) is 61.2 Å². The van der Waals surface area contributed by atoms with Crippen LogP contribution in [0, 0.1) is 18.7 Å². The van der Waals surface area contributed by atoms with Gasteiger partial charge >= 0.3 is 6.03 Å². The Balaban J connectivity index is 1.23. The van der Waals surface area contributed by atoms with E-state index in [1.165, 1.54) is 5.56 Å². The molecular formula is C25H28FN5O2. The van der Waals surface area contributed by atoms with Crippen LogP contribution in [0.1, 0.15) is 36.0 Å². The highest BCUT2D eigenvalue weighted by atomic mass is 19.1. The fourth-order valence-corrected chi connectivity index (χ4v) is 4.98. The third-order valence-electron chi connectivity index (χ3n) is 6.65. The molecule has 0 aliphatic carbocycles. The van der Waals surface area contributed by atoms with Crippen molar-refractivity contribution in [3.63, 3.8) is 0 Å². The standard InChI is InChI=1S/C25H28FN5O2/c1-17-10-20(13-21(26)11-17)16-29-6-2-18(3-7-29)12-19-4-9-31-22(14-19)23(15-27-31)30-8-5-24(32)28-25(30)33/h4,9-11,13-15,18H,2-3,5-8,12,16H2,1H3,(H,28,32,33). The number of benzene rings is 1.